The van der Waals surface area contributed by atoms with E-state index in [1.807, 2.05) is 0 Å². The van der Waals surface area contributed by atoms with Crippen LogP contribution in [0.3, 0.4) is 0 Å². The lowest BCUT2D eigenvalue weighted by Crippen LogP contribution is -2.47. The molecular weight excluding hydrogens is 360 g/mol. The van der Waals surface area contributed by atoms with Gasteiger partial charge in [-0.15, -0.1) is 0 Å². The van der Waals surface area contributed by atoms with Crippen molar-refractivity contribution in [2.24, 2.45) is 71.0 Å². The lowest BCUT2D eigenvalue weighted by Gasteiger charge is -2.56. The van der Waals surface area contributed by atoms with Crippen molar-refractivity contribution in [3.63, 3.8) is 0 Å². The van der Waals surface area contributed by atoms with Crippen molar-refractivity contribution < 1.29 is 0 Å². The maximum absolute atomic E-state index is 1.67. The average Bonchev–Trinajstić information content (AvgIpc) is 2.77. The van der Waals surface area contributed by atoms with E-state index in [0.29, 0.717) is 0 Å². The average molecular weight is 409 g/mol. The molecule has 0 bridgehead atoms. The van der Waals surface area contributed by atoms with Crippen LogP contribution in [-0.4, -0.2) is 0 Å². The van der Waals surface area contributed by atoms with Gasteiger partial charge in [-0.2, -0.15) is 0 Å². The molecule has 0 radical (unpaired) electrons. The molecular formula is C30H48. The van der Waals surface area contributed by atoms with Gasteiger partial charge in [0.1, 0.15) is 0 Å². The molecule has 0 heterocycles. The van der Waals surface area contributed by atoms with Gasteiger partial charge in [0.15, 0.2) is 0 Å². The number of hydrogen-bond acceptors (Lipinski definition) is 0. The number of fused-ring (bicyclic) bond motifs is 6. The first kappa shape index (κ1) is 19.5. The summed E-state index contributed by atoms with van der Waals surface area (Å²) < 4.78 is 0. The molecule has 0 nitrogen and oxygen atoms in total. The lowest BCUT2D eigenvalue weighted by molar-refractivity contribution is -0.0629. The van der Waals surface area contributed by atoms with Crippen LogP contribution in [0.15, 0.2) is 0 Å². The Labute approximate surface area is 186 Å². The zero-order valence-corrected chi connectivity index (χ0v) is 19.7. The highest BCUT2D eigenvalue weighted by Gasteiger charge is 2.50. The molecule has 7 rings (SSSR count). The molecule has 0 aromatic rings. The fourth-order valence-electron chi connectivity index (χ4n) is 11.5. The van der Waals surface area contributed by atoms with Crippen LogP contribution in [-0.2, 0) is 0 Å². The van der Waals surface area contributed by atoms with Crippen molar-refractivity contribution in [1.29, 1.82) is 0 Å². The van der Waals surface area contributed by atoms with E-state index in [9.17, 15) is 0 Å². The summed E-state index contributed by atoms with van der Waals surface area (Å²) in [6.45, 7) is 0. The zero-order chi connectivity index (χ0) is 19.7. The minimum Gasteiger partial charge on any atom is -0.0530 e. The summed E-state index contributed by atoms with van der Waals surface area (Å²) in [5.74, 6) is 13.8. The van der Waals surface area contributed by atoms with E-state index in [1.165, 1.54) is 0 Å². The molecule has 0 heteroatoms. The SMILES string of the molecule is C1CCC2CC3CC4CC5CC6CC7CCCCC7CC6CC5CC4CC3CC2C1. The molecule has 7 saturated carbocycles. The van der Waals surface area contributed by atoms with Crippen LogP contribution in [0.5, 0.6) is 0 Å². The van der Waals surface area contributed by atoms with E-state index >= 15 is 0 Å². The Bertz CT molecular complexity index is 516. The van der Waals surface area contributed by atoms with Gasteiger partial charge in [-0.05, 0) is 135 Å². The third-order valence-corrected chi connectivity index (χ3v) is 12.9. The van der Waals surface area contributed by atoms with Crippen molar-refractivity contribution in [2.75, 3.05) is 0 Å². The lowest BCUT2D eigenvalue weighted by atomic mass is 9.49. The molecule has 0 N–H and O–H groups in total. The molecule has 0 amide bonds. The van der Waals surface area contributed by atoms with Crippen molar-refractivity contribution >= 4 is 0 Å². The molecule has 7 aliphatic rings. The van der Waals surface area contributed by atoms with Crippen LogP contribution in [0.25, 0.3) is 0 Å². The zero-order valence-electron chi connectivity index (χ0n) is 19.7. The summed E-state index contributed by atoms with van der Waals surface area (Å²) in [5, 5.41) is 0. The highest BCUT2D eigenvalue weighted by Crippen LogP contribution is 2.60. The third-order valence-electron chi connectivity index (χ3n) is 12.9. The maximum Gasteiger partial charge on any atom is -0.0380 e. The fraction of sp³-hybridized carbons (Fsp3) is 1.00. The van der Waals surface area contributed by atoms with Gasteiger partial charge in [0.25, 0.3) is 0 Å². The third kappa shape index (κ3) is 3.36. The summed E-state index contributed by atoms with van der Waals surface area (Å²) in [6, 6.07) is 0. The molecule has 7 fully saturated rings. The van der Waals surface area contributed by atoms with Crippen molar-refractivity contribution in [3.8, 4) is 0 Å². The molecule has 0 aromatic heterocycles. The highest BCUT2D eigenvalue weighted by atomic mass is 14.6. The van der Waals surface area contributed by atoms with Gasteiger partial charge in [-0.1, -0.05) is 51.4 Å². The number of rotatable bonds is 0. The normalized spacial score (nSPS) is 57.6. The van der Waals surface area contributed by atoms with Gasteiger partial charge in [0.2, 0.25) is 0 Å². The predicted octanol–water partition coefficient (Wildman–Crippen LogP) is 8.50. The van der Waals surface area contributed by atoms with Crippen LogP contribution in [0.1, 0.15) is 116 Å². The molecule has 0 aromatic carbocycles. The Kier molecular flexibility index (Phi) is 5.06. The van der Waals surface area contributed by atoms with Crippen molar-refractivity contribution in [2.45, 2.75) is 116 Å². The summed E-state index contributed by atoms with van der Waals surface area (Å²) in [6.07, 6.45) is 29.2. The Balaban J connectivity index is 1.03. The van der Waals surface area contributed by atoms with Crippen molar-refractivity contribution in [3.05, 3.63) is 0 Å². The molecule has 30 heavy (non-hydrogen) atoms. The summed E-state index contributed by atoms with van der Waals surface area (Å²) in [5.41, 5.74) is 0. The Hall–Kier alpha value is 0. The molecule has 12 atom stereocenters. The summed E-state index contributed by atoms with van der Waals surface area (Å²) in [4.78, 5) is 0. The Morgan fingerprint density at radius 1 is 0.200 bits per heavy atom. The molecule has 0 aliphatic heterocycles. The first-order chi connectivity index (χ1) is 14.8. The minimum absolute atomic E-state index is 1.15. The first-order valence-electron chi connectivity index (χ1n) is 14.8. The quantitative estimate of drug-likeness (QED) is 0.377. The van der Waals surface area contributed by atoms with Gasteiger partial charge >= 0.3 is 0 Å². The van der Waals surface area contributed by atoms with Crippen LogP contribution >= 0.6 is 0 Å². The highest BCUT2D eigenvalue weighted by molar-refractivity contribution is 5.01. The van der Waals surface area contributed by atoms with Crippen molar-refractivity contribution in [1.82, 2.24) is 0 Å². The molecule has 0 spiro atoms. The van der Waals surface area contributed by atoms with E-state index in [0.717, 1.165) is 71.0 Å². The minimum atomic E-state index is 1.15. The van der Waals surface area contributed by atoms with E-state index in [1.54, 1.807) is 116 Å². The van der Waals surface area contributed by atoms with Crippen LogP contribution in [0.2, 0.25) is 0 Å². The van der Waals surface area contributed by atoms with E-state index in [4.69, 9.17) is 0 Å². The molecule has 0 saturated heterocycles. The predicted molar refractivity (Wildman–Crippen MR) is 125 cm³/mol. The monoisotopic (exact) mass is 408 g/mol. The van der Waals surface area contributed by atoms with Gasteiger partial charge in [0, 0.05) is 0 Å². The molecule has 7 aliphatic carbocycles. The van der Waals surface area contributed by atoms with Gasteiger partial charge < -0.3 is 0 Å². The Morgan fingerprint density at radius 3 is 0.567 bits per heavy atom. The van der Waals surface area contributed by atoms with E-state index in [-0.39, 0.29) is 0 Å². The number of hydrogen-bond donors (Lipinski definition) is 0. The van der Waals surface area contributed by atoms with Crippen LogP contribution < -0.4 is 0 Å². The molecule has 12 unspecified atom stereocenters. The maximum atomic E-state index is 1.67. The largest absolute Gasteiger partial charge is 0.0530 e. The second kappa shape index (κ2) is 7.80. The van der Waals surface area contributed by atoms with E-state index in [2.05, 4.69) is 0 Å². The summed E-state index contributed by atoms with van der Waals surface area (Å²) >= 11 is 0. The second-order valence-electron chi connectivity index (χ2n) is 14.0. The topological polar surface area (TPSA) is 0 Å². The smallest absolute Gasteiger partial charge is 0.0380 e. The summed E-state index contributed by atoms with van der Waals surface area (Å²) in [7, 11) is 0. The van der Waals surface area contributed by atoms with Crippen LogP contribution in [0.4, 0.5) is 0 Å². The van der Waals surface area contributed by atoms with Gasteiger partial charge in [-0.3, -0.25) is 0 Å². The molecule has 168 valence electrons. The van der Waals surface area contributed by atoms with E-state index < -0.39 is 0 Å². The Morgan fingerprint density at radius 2 is 0.367 bits per heavy atom. The van der Waals surface area contributed by atoms with Crippen LogP contribution in [0, 0.1) is 71.0 Å². The standard InChI is InChI=1S/C30H48/c1-2-6-20-10-24-14-28-18-30-16-26-12-22-8-4-3-7-21(22)11-25(26)15-29(30)17-27(28)13-23(24)9-19(20)5-1/h19-30H,1-18H2. The van der Waals surface area contributed by atoms with Gasteiger partial charge in [-0.25, -0.2) is 0 Å². The fourth-order valence-corrected chi connectivity index (χ4v) is 11.5. The first-order valence-corrected chi connectivity index (χ1v) is 14.8. The van der Waals surface area contributed by atoms with Gasteiger partial charge in [0.05, 0.1) is 0 Å². The second-order valence-corrected chi connectivity index (χ2v) is 14.0.